The zero-order chi connectivity index (χ0) is 14.3. The summed E-state index contributed by atoms with van der Waals surface area (Å²) in [4.78, 5) is 13.6. The van der Waals surface area contributed by atoms with E-state index in [0.717, 1.165) is 31.7 Å². The van der Waals surface area contributed by atoms with Crippen LogP contribution in [0.4, 0.5) is 0 Å². The van der Waals surface area contributed by atoms with Gasteiger partial charge in [-0.1, -0.05) is 19.8 Å². The van der Waals surface area contributed by atoms with Gasteiger partial charge in [0.05, 0.1) is 5.41 Å². The molecule has 0 spiro atoms. The van der Waals surface area contributed by atoms with Gasteiger partial charge in [0.1, 0.15) is 0 Å². The van der Waals surface area contributed by atoms with E-state index in [-0.39, 0.29) is 0 Å². The van der Waals surface area contributed by atoms with Crippen molar-refractivity contribution in [1.82, 2.24) is 4.90 Å². The van der Waals surface area contributed by atoms with Gasteiger partial charge in [0.15, 0.2) is 0 Å². The summed E-state index contributed by atoms with van der Waals surface area (Å²) in [5.41, 5.74) is -0.563. The zero-order valence-corrected chi connectivity index (χ0v) is 13.0. The molecule has 0 bridgehead atoms. The molecule has 0 amide bonds. The highest BCUT2D eigenvalue weighted by molar-refractivity contribution is 5.73. The number of carboxylic acid groups (broad SMARTS) is 1. The van der Waals surface area contributed by atoms with Crippen LogP contribution >= 0.6 is 0 Å². The number of likely N-dealkylation sites (tertiary alicyclic amines) is 1. The van der Waals surface area contributed by atoms with Gasteiger partial charge in [-0.05, 0) is 71.5 Å². The lowest BCUT2D eigenvalue weighted by Gasteiger charge is -2.22. The number of aliphatic carboxylic acids is 1. The van der Waals surface area contributed by atoms with E-state index in [1.807, 2.05) is 13.8 Å². The summed E-state index contributed by atoms with van der Waals surface area (Å²) in [6, 6.07) is 0. The summed E-state index contributed by atoms with van der Waals surface area (Å²) in [7, 11) is 0. The van der Waals surface area contributed by atoms with E-state index in [4.69, 9.17) is 5.11 Å². The number of carbonyl (C=O) groups is 1. The van der Waals surface area contributed by atoms with Crippen LogP contribution in [-0.4, -0.2) is 35.6 Å². The molecule has 1 aliphatic rings. The first-order valence-corrected chi connectivity index (χ1v) is 7.91. The van der Waals surface area contributed by atoms with E-state index >= 15 is 0 Å². The number of carboxylic acids is 1. The SMILES string of the molecule is CCC1CCCN(CCCCC(C)(C)C(=O)O)CC1. The molecule has 1 aliphatic heterocycles. The molecule has 0 aliphatic carbocycles. The average molecular weight is 269 g/mol. The van der Waals surface area contributed by atoms with E-state index in [1.54, 1.807) is 0 Å². The highest BCUT2D eigenvalue weighted by Gasteiger charge is 2.26. The second kappa shape index (κ2) is 7.88. The Hall–Kier alpha value is -0.570. The van der Waals surface area contributed by atoms with Crippen LogP contribution in [0.25, 0.3) is 0 Å². The molecule has 3 nitrogen and oxygen atoms in total. The molecule has 1 rings (SSSR count). The minimum atomic E-state index is -0.673. The number of unbranched alkanes of at least 4 members (excludes halogenated alkanes) is 1. The van der Waals surface area contributed by atoms with Crippen molar-refractivity contribution >= 4 is 5.97 Å². The van der Waals surface area contributed by atoms with Gasteiger partial charge in [0, 0.05) is 0 Å². The third kappa shape index (κ3) is 5.94. The summed E-state index contributed by atoms with van der Waals surface area (Å²) < 4.78 is 0. The Balaban J connectivity index is 2.17. The lowest BCUT2D eigenvalue weighted by Crippen LogP contribution is -2.27. The highest BCUT2D eigenvalue weighted by Crippen LogP contribution is 2.24. The predicted octanol–water partition coefficient (Wildman–Crippen LogP) is 3.78. The number of rotatable bonds is 7. The fraction of sp³-hybridized carbons (Fsp3) is 0.938. The highest BCUT2D eigenvalue weighted by atomic mass is 16.4. The Bertz CT molecular complexity index is 276. The monoisotopic (exact) mass is 269 g/mol. The van der Waals surface area contributed by atoms with Crippen molar-refractivity contribution in [3.05, 3.63) is 0 Å². The molecule has 1 saturated heterocycles. The van der Waals surface area contributed by atoms with Gasteiger partial charge < -0.3 is 10.0 Å². The van der Waals surface area contributed by atoms with E-state index in [1.165, 1.54) is 38.8 Å². The van der Waals surface area contributed by atoms with Crippen molar-refractivity contribution in [3.63, 3.8) is 0 Å². The van der Waals surface area contributed by atoms with Crippen molar-refractivity contribution in [1.29, 1.82) is 0 Å². The van der Waals surface area contributed by atoms with Crippen LogP contribution in [-0.2, 0) is 4.79 Å². The van der Waals surface area contributed by atoms with Gasteiger partial charge >= 0.3 is 5.97 Å². The second-order valence-electron chi connectivity index (χ2n) is 6.69. The van der Waals surface area contributed by atoms with Crippen LogP contribution in [0.1, 0.15) is 65.7 Å². The van der Waals surface area contributed by atoms with Crippen molar-refractivity contribution in [2.75, 3.05) is 19.6 Å². The maximum absolute atomic E-state index is 11.0. The quantitative estimate of drug-likeness (QED) is 0.715. The molecule has 1 fully saturated rings. The van der Waals surface area contributed by atoms with Gasteiger partial charge in [-0.2, -0.15) is 0 Å². The standard InChI is InChI=1S/C16H31NO2/c1-4-14-8-7-12-17(13-9-14)11-6-5-10-16(2,3)15(18)19/h14H,4-13H2,1-3H3,(H,18,19). The van der Waals surface area contributed by atoms with Crippen LogP contribution in [0.15, 0.2) is 0 Å². The zero-order valence-electron chi connectivity index (χ0n) is 13.0. The summed E-state index contributed by atoms with van der Waals surface area (Å²) in [5, 5.41) is 9.07. The summed E-state index contributed by atoms with van der Waals surface area (Å²) >= 11 is 0. The Kier molecular flexibility index (Phi) is 6.84. The molecular weight excluding hydrogens is 238 g/mol. The third-order valence-corrected chi connectivity index (χ3v) is 4.62. The lowest BCUT2D eigenvalue weighted by molar-refractivity contribution is -0.147. The smallest absolute Gasteiger partial charge is 0.309 e. The third-order valence-electron chi connectivity index (χ3n) is 4.62. The molecule has 1 heterocycles. The molecule has 0 saturated carbocycles. The van der Waals surface area contributed by atoms with Crippen molar-refractivity contribution in [3.8, 4) is 0 Å². The van der Waals surface area contributed by atoms with Crippen LogP contribution in [0.5, 0.6) is 0 Å². The van der Waals surface area contributed by atoms with E-state index in [2.05, 4.69) is 11.8 Å². The van der Waals surface area contributed by atoms with Gasteiger partial charge in [0.2, 0.25) is 0 Å². The molecule has 1 N–H and O–H groups in total. The Morgan fingerprint density at radius 3 is 2.63 bits per heavy atom. The molecule has 0 aromatic rings. The van der Waals surface area contributed by atoms with Crippen molar-refractivity contribution in [2.24, 2.45) is 11.3 Å². The Morgan fingerprint density at radius 2 is 2.00 bits per heavy atom. The maximum Gasteiger partial charge on any atom is 0.309 e. The fourth-order valence-electron chi connectivity index (χ4n) is 2.87. The van der Waals surface area contributed by atoms with Crippen LogP contribution < -0.4 is 0 Å². The van der Waals surface area contributed by atoms with Crippen molar-refractivity contribution in [2.45, 2.75) is 65.7 Å². The summed E-state index contributed by atoms with van der Waals surface area (Å²) in [5.74, 6) is 0.254. The molecule has 1 atom stereocenters. The van der Waals surface area contributed by atoms with E-state index in [9.17, 15) is 4.79 Å². The minimum absolute atomic E-state index is 0.563. The Morgan fingerprint density at radius 1 is 1.26 bits per heavy atom. The summed E-state index contributed by atoms with van der Waals surface area (Å²) in [6.45, 7) is 9.57. The fourth-order valence-corrected chi connectivity index (χ4v) is 2.87. The molecule has 3 heteroatoms. The molecule has 0 aromatic heterocycles. The molecule has 1 unspecified atom stereocenters. The first-order valence-electron chi connectivity index (χ1n) is 7.91. The van der Waals surface area contributed by atoms with Gasteiger partial charge in [-0.15, -0.1) is 0 Å². The predicted molar refractivity (Wildman–Crippen MR) is 79.3 cm³/mol. The molecule has 19 heavy (non-hydrogen) atoms. The van der Waals surface area contributed by atoms with Gasteiger partial charge in [0.25, 0.3) is 0 Å². The minimum Gasteiger partial charge on any atom is -0.481 e. The first-order chi connectivity index (χ1) is 8.95. The van der Waals surface area contributed by atoms with Gasteiger partial charge in [-0.3, -0.25) is 4.79 Å². The topological polar surface area (TPSA) is 40.5 Å². The second-order valence-corrected chi connectivity index (χ2v) is 6.69. The summed E-state index contributed by atoms with van der Waals surface area (Å²) in [6.07, 6.45) is 8.32. The Labute approximate surface area is 118 Å². The number of hydrogen-bond acceptors (Lipinski definition) is 2. The molecular formula is C16H31NO2. The average Bonchev–Trinajstić information content (AvgIpc) is 2.59. The van der Waals surface area contributed by atoms with E-state index < -0.39 is 11.4 Å². The largest absolute Gasteiger partial charge is 0.481 e. The normalized spacial score (nSPS) is 22.2. The molecule has 112 valence electrons. The van der Waals surface area contributed by atoms with Crippen LogP contribution in [0.2, 0.25) is 0 Å². The first kappa shape index (κ1) is 16.5. The van der Waals surface area contributed by atoms with Gasteiger partial charge in [-0.25, -0.2) is 0 Å². The maximum atomic E-state index is 11.0. The number of nitrogens with zero attached hydrogens (tertiary/aromatic N) is 1. The van der Waals surface area contributed by atoms with Crippen LogP contribution in [0, 0.1) is 11.3 Å². The lowest BCUT2D eigenvalue weighted by atomic mass is 9.87. The van der Waals surface area contributed by atoms with Crippen molar-refractivity contribution < 1.29 is 9.90 Å². The number of hydrogen-bond donors (Lipinski definition) is 1. The van der Waals surface area contributed by atoms with E-state index in [0.29, 0.717) is 0 Å². The molecule has 0 radical (unpaired) electrons. The molecule has 0 aromatic carbocycles. The van der Waals surface area contributed by atoms with Crippen LogP contribution in [0.3, 0.4) is 0 Å².